The van der Waals surface area contributed by atoms with E-state index in [1.165, 1.54) is 11.8 Å². The lowest BCUT2D eigenvalue weighted by Gasteiger charge is -2.15. The van der Waals surface area contributed by atoms with Gasteiger partial charge in [-0.1, -0.05) is 82.5 Å². The first-order chi connectivity index (χ1) is 16.1. The maximum atomic E-state index is 13.4. The molecule has 0 radical (unpaired) electrons. The minimum absolute atomic E-state index is 0.0847. The maximum absolute atomic E-state index is 13.4. The molecule has 0 bridgehead atoms. The standard InChI is InChI=1S/C27H21BrN2O2S/c1-2-15-32-24-14-13-23(28)16-22(24)17-25-26(31)30(19-21-11-7-4-8-12-21)27(33-25)29-18-20-9-5-3-6-10-20/h1,3-14,16-17H,15,18-19H2/b25-17+,29-27?. The normalized spacial score (nSPS) is 15.8. The molecule has 4 rings (SSSR count). The number of terminal acetylenes is 1. The molecule has 0 atom stereocenters. The van der Waals surface area contributed by atoms with E-state index in [1.807, 2.05) is 84.9 Å². The van der Waals surface area contributed by atoms with Crippen LogP contribution in [0, 0.1) is 12.3 Å². The van der Waals surface area contributed by atoms with Gasteiger partial charge in [0, 0.05) is 10.0 Å². The van der Waals surface area contributed by atoms with Crippen LogP contribution in [0.15, 0.2) is 93.2 Å². The van der Waals surface area contributed by atoms with Gasteiger partial charge >= 0.3 is 0 Å². The van der Waals surface area contributed by atoms with E-state index in [0.29, 0.717) is 28.9 Å². The van der Waals surface area contributed by atoms with Crippen molar-refractivity contribution in [2.75, 3.05) is 6.61 Å². The first kappa shape index (κ1) is 22.9. The molecule has 1 heterocycles. The molecule has 0 aliphatic carbocycles. The van der Waals surface area contributed by atoms with Crippen LogP contribution in [0.4, 0.5) is 0 Å². The van der Waals surface area contributed by atoms with Crippen molar-refractivity contribution in [3.63, 3.8) is 0 Å². The highest BCUT2D eigenvalue weighted by molar-refractivity contribution is 9.10. The highest BCUT2D eigenvalue weighted by Gasteiger charge is 2.33. The molecule has 1 aliphatic rings. The topological polar surface area (TPSA) is 41.9 Å². The number of nitrogens with zero attached hydrogens (tertiary/aromatic N) is 2. The van der Waals surface area contributed by atoms with E-state index in [2.05, 4.69) is 21.9 Å². The monoisotopic (exact) mass is 516 g/mol. The molecule has 33 heavy (non-hydrogen) atoms. The molecule has 164 valence electrons. The molecule has 0 unspecified atom stereocenters. The number of hydrogen-bond acceptors (Lipinski definition) is 4. The maximum Gasteiger partial charge on any atom is 0.267 e. The highest BCUT2D eigenvalue weighted by Crippen LogP contribution is 2.36. The smallest absolute Gasteiger partial charge is 0.267 e. The summed E-state index contributed by atoms with van der Waals surface area (Å²) >= 11 is 4.87. The van der Waals surface area contributed by atoms with E-state index < -0.39 is 0 Å². The summed E-state index contributed by atoms with van der Waals surface area (Å²) in [5.41, 5.74) is 2.91. The zero-order valence-corrected chi connectivity index (χ0v) is 20.2. The van der Waals surface area contributed by atoms with Gasteiger partial charge in [0.15, 0.2) is 5.17 Å². The second-order valence-electron chi connectivity index (χ2n) is 7.25. The van der Waals surface area contributed by atoms with Gasteiger partial charge in [-0.2, -0.15) is 0 Å². The summed E-state index contributed by atoms with van der Waals surface area (Å²) < 4.78 is 6.56. The number of thioether (sulfide) groups is 1. The lowest BCUT2D eigenvalue weighted by molar-refractivity contribution is -0.122. The SMILES string of the molecule is C#CCOc1ccc(Br)cc1/C=C1/SC(=NCc2ccccc2)N(Cc2ccccc2)C1=O. The van der Waals surface area contributed by atoms with Gasteiger partial charge in [-0.3, -0.25) is 14.7 Å². The molecule has 1 amide bonds. The fourth-order valence-corrected chi connectivity index (χ4v) is 4.64. The second kappa shape index (κ2) is 11.0. The average Bonchev–Trinajstić information content (AvgIpc) is 3.13. The Hall–Kier alpha value is -3.27. The molecule has 1 fully saturated rings. The van der Waals surface area contributed by atoms with E-state index in [9.17, 15) is 4.79 Å². The molecule has 0 aromatic heterocycles. The largest absolute Gasteiger partial charge is 0.480 e. The lowest BCUT2D eigenvalue weighted by Crippen LogP contribution is -2.28. The molecule has 0 saturated carbocycles. The highest BCUT2D eigenvalue weighted by atomic mass is 79.9. The lowest BCUT2D eigenvalue weighted by atomic mass is 10.1. The second-order valence-corrected chi connectivity index (χ2v) is 9.17. The number of amides is 1. The van der Waals surface area contributed by atoms with Crippen molar-refractivity contribution in [2.45, 2.75) is 13.1 Å². The van der Waals surface area contributed by atoms with Crippen molar-refractivity contribution in [3.05, 3.63) is 105 Å². The van der Waals surface area contributed by atoms with Crippen LogP contribution in [-0.4, -0.2) is 22.6 Å². The molecular weight excluding hydrogens is 496 g/mol. The van der Waals surface area contributed by atoms with E-state index >= 15 is 0 Å². The summed E-state index contributed by atoms with van der Waals surface area (Å²) in [5, 5.41) is 0.681. The van der Waals surface area contributed by atoms with Crippen LogP contribution in [0.2, 0.25) is 0 Å². The number of carbonyl (C=O) groups is 1. The molecule has 1 aliphatic heterocycles. The van der Waals surface area contributed by atoms with Crippen LogP contribution < -0.4 is 4.74 Å². The van der Waals surface area contributed by atoms with Crippen molar-refractivity contribution < 1.29 is 9.53 Å². The summed E-state index contributed by atoms with van der Waals surface area (Å²) in [6, 6.07) is 25.6. The first-order valence-corrected chi connectivity index (χ1v) is 11.9. The van der Waals surface area contributed by atoms with Crippen LogP contribution in [0.1, 0.15) is 16.7 Å². The van der Waals surface area contributed by atoms with Gasteiger partial charge in [-0.15, -0.1) is 6.42 Å². The van der Waals surface area contributed by atoms with E-state index in [-0.39, 0.29) is 12.5 Å². The third-order valence-electron chi connectivity index (χ3n) is 4.88. The van der Waals surface area contributed by atoms with Crippen molar-refractivity contribution >= 4 is 44.8 Å². The van der Waals surface area contributed by atoms with Crippen molar-refractivity contribution in [3.8, 4) is 18.1 Å². The zero-order chi connectivity index (χ0) is 23.0. The Morgan fingerprint density at radius 1 is 1.03 bits per heavy atom. The summed E-state index contributed by atoms with van der Waals surface area (Å²) in [7, 11) is 0. The van der Waals surface area contributed by atoms with Crippen molar-refractivity contribution in [2.24, 2.45) is 4.99 Å². The van der Waals surface area contributed by atoms with Gasteiger partial charge in [-0.05, 0) is 47.2 Å². The van der Waals surface area contributed by atoms with E-state index in [0.717, 1.165) is 21.2 Å². The Balaban J connectivity index is 1.67. The number of halogens is 1. The minimum Gasteiger partial charge on any atom is -0.480 e. The number of amidine groups is 1. The Morgan fingerprint density at radius 2 is 1.73 bits per heavy atom. The summed E-state index contributed by atoms with van der Waals surface area (Å²) in [6.07, 6.45) is 7.19. The molecule has 6 heteroatoms. The van der Waals surface area contributed by atoms with Gasteiger partial charge in [0.25, 0.3) is 5.91 Å². The van der Waals surface area contributed by atoms with Crippen LogP contribution in [0.3, 0.4) is 0 Å². The van der Waals surface area contributed by atoms with E-state index in [1.54, 1.807) is 4.90 Å². The van der Waals surface area contributed by atoms with Crippen LogP contribution in [0.25, 0.3) is 6.08 Å². The van der Waals surface area contributed by atoms with Gasteiger partial charge in [-0.25, -0.2) is 0 Å². The van der Waals surface area contributed by atoms with Gasteiger partial charge < -0.3 is 4.74 Å². The first-order valence-electron chi connectivity index (χ1n) is 10.3. The summed E-state index contributed by atoms with van der Waals surface area (Å²) in [5.74, 6) is 3.02. The van der Waals surface area contributed by atoms with E-state index in [4.69, 9.17) is 16.2 Å². The van der Waals surface area contributed by atoms with Gasteiger partial charge in [0.1, 0.15) is 12.4 Å². The van der Waals surface area contributed by atoms with Crippen molar-refractivity contribution in [1.82, 2.24) is 4.90 Å². The zero-order valence-electron chi connectivity index (χ0n) is 17.8. The number of rotatable bonds is 7. The molecule has 1 saturated heterocycles. The third-order valence-corrected chi connectivity index (χ3v) is 6.42. The number of hydrogen-bond donors (Lipinski definition) is 0. The van der Waals surface area contributed by atoms with Gasteiger partial charge in [0.05, 0.1) is 18.0 Å². The Bertz CT molecular complexity index is 1230. The number of benzene rings is 3. The Kier molecular flexibility index (Phi) is 7.66. The summed E-state index contributed by atoms with van der Waals surface area (Å²) in [6.45, 7) is 1.11. The fourth-order valence-electron chi connectivity index (χ4n) is 3.30. The molecule has 3 aromatic rings. The Labute approximate surface area is 206 Å². The molecule has 4 nitrogen and oxygen atoms in total. The number of aliphatic imine (C=N–C) groups is 1. The molecular formula is C27H21BrN2O2S. The molecule has 3 aromatic carbocycles. The molecule has 0 spiro atoms. The quantitative estimate of drug-likeness (QED) is 0.280. The average molecular weight is 517 g/mol. The predicted molar refractivity (Wildman–Crippen MR) is 139 cm³/mol. The number of carbonyl (C=O) groups excluding carboxylic acids is 1. The minimum atomic E-state index is -0.0847. The Morgan fingerprint density at radius 3 is 2.42 bits per heavy atom. The van der Waals surface area contributed by atoms with Crippen molar-refractivity contribution in [1.29, 1.82) is 0 Å². The number of ether oxygens (including phenoxy) is 1. The molecule has 0 N–H and O–H groups in total. The fraction of sp³-hybridized carbons (Fsp3) is 0.111. The predicted octanol–water partition coefficient (Wildman–Crippen LogP) is 6.13. The van der Waals surface area contributed by atoms with Crippen LogP contribution in [-0.2, 0) is 17.9 Å². The summed E-state index contributed by atoms with van der Waals surface area (Å²) in [4.78, 5) is 20.5. The van der Waals surface area contributed by atoms with Gasteiger partial charge in [0.2, 0.25) is 0 Å². The van der Waals surface area contributed by atoms with Crippen LogP contribution >= 0.6 is 27.7 Å². The van der Waals surface area contributed by atoms with Crippen LogP contribution in [0.5, 0.6) is 5.75 Å². The third kappa shape index (κ3) is 5.95.